The van der Waals surface area contributed by atoms with Gasteiger partial charge in [0.15, 0.2) is 0 Å². The number of nitriles is 2. The van der Waals surface area contributed by atoms with Crippen molar-refractivity contribution in [2.45, 2.75) is 0 Å². The summed E-state index contributed by atoms with van der Waals surface area (Å²) in [7, 11) is 3.31. The van der Waals surface area contributed by atoms with Crippen molar-refractivity contribution in [3.05, 3.63) is 71.5 Å². The van der Waals surface area contributed by atoms with Crippen molar-refractivity contribution in [1.82, 2.24) is 9.88 Å². The fourth-order valence-corrected chi connectivity index (χ4v) is 3.04. The molecule has 0 saturated carbocycles. The lowest BCUT2D eigenvalue weighted by atomic mass is 9.96. The summed E-state index contributed by atoms with van der Waals surface area (Å²) in [4.78, 5) is 12.3. The topological polar surface area (TPSA) is 81.6 Å². The molecule has 3 rings (SSSR count). The van der Waals surface area contributed by atoms with Crippen molar-refractivity contribution >= 4 is 5.91 Å². The molecule has 0 spiro atoms. The first-order valence-electron chi connectivity index (χ1n) is 8.02. The molecule has 0 fully saturated rings. The van der Waals surface area contributed by atoms with Crippen molar-refractivity contribution in [2.75, 3.05) is 7.05 Å². The number of carbonyl (C=O) groups excluding carboxylic acids is 1. The predicted molar refractivity (Wildman–Crippen MR) is 99.1 cm³/mol. The van der Waals surface area contributed by atoms with E-state index in [4.69, 9.17) is 0 Å². The fraction of sp³-hybridized carbons (Fsp3) is 0.0952. The minimum absolute atomic E-state index is 0.247. The van der Waals surface area contributed by atoms with Gasteiger partial charge in [0.05, 0.1) is 17.2 Å². The Kier molecular flexibility index (Phi) is 4.55. The summed E-state index contributed by atoms with van der Waals surface area (Å²) in [5, 5.41) is 21.3. The van der Waals surface area contributed by atoms with Crippen molar-refractivity contribution < 1.29 is 4.79 Å². The number of hydrogen-bond donors (Lipinski definition) is 1. The van der Waals surface area contributed by atoms with E-state index in [0.29, 0.717) is 22.4 Å². The Morgan fingerprint density at radius 3 is 2.19 bits per heavy atom. The molecule has 5 nitrogen and oxygen atoms in total. The second-order valence-corrected chi connectivity index (χ2v) is 5.80. The zero-order valence-electron chi connectivity index (χ0n) is 14.4. The second-order valence-electron chi connectivity index (χ2n) is 5.80. The van der Waals surface area contributed by atoms with Crippen LogP contribution in [0.5, 0.6) is 0 Å². The van der Waals surface area contributed by atoms with Gasteiger partial charge in [0.2, 0.25) is 0 Å². The Labute approximate surface area is 151 Å². The Morgan fingerprint density at radius 2 is 1.58 bits per heavy atom. The van der Waals surface area contributed by atoms with Crippen LogP contribution >= 0.6 is 0 Å². The number of rotatable bonds is 3. The summed E-state index contributed by atoms with van der Waals surface area (Å²) in [6.45, 7) is 0. The molecule has 1 heterocycles. The molecule has 0 aliphatic carbocycles. The van der Waals surface area contributed by atoms with Gasteiger partial charge in [0.25, 0.3) is 5.91 Å². The van der Waals surface area contributed by atoms with Crippen LogP contribution in [0.2, 0.25) is 0 Å². The highest BCUT2D eigenvalue weighted by atomic mass is 16.1. The normalized spacial score (nSPS) is 10.0. The number of amides is 1. The van der Waals surface area contributed by atoms with Gasteiger partial charge in [0, 0.05) is 25.9 Å². The fourth-order valence-electron chi connectivity index (χ4n) is 3.04. The number of hydrogen-bond acceptors (Lipinski definition) is 3. The lowest BCUT2D eigenvalue weighted by Gasteiger charge is -2.09. The maximum absolute atomic E-state index is 12.3. The molecule has 3 aromatic rings. The Morgan fingerprint density at radius 1 is 0.962 bits per heavy atom. The van der Waals surface area contributed by atoms with Gasteiger partial charge in [-0.15, -0.1) is 0 Å². The number of aryl methyl sites for hydroxylation is 1. The van der Waals surface area contributed by atoms with Crippen LogP contribution in [0.4, 0.5) is 0 Å². The third kappa shape index (κ3) is 2.83. The average molecular weight is 340 g/mol. The van der Waals surface area contributed by atoms with Crippen molar-refractivity contribution in [3.8, 4) is 34.4 Å². The number of nitrogens with one attached hydrogen (secondary N) is 1. The van der Waals surface area contributed by atoms with Crippen molar-refractivity contribution in [2.24, 2.45) is 7.05 Å². The van der Waals surface area contributed by atoms with Gasteiger partial charge >= 0.3 is 0 Å². The highest BCUT2D eigenvalue weighted by molar-refractivity contribution is 6.01. The smallest absolute Gasteiger partial charge is 0.268 e. The summed E-state index contributed by atoms with van der Waals surface area (Å²) in [5.74, 6) is -0.247. The third-order valence-electron chi connectivity index (χ3n) is 4.28. The molecule has 1 amide bonds. The van der Waals surface area contributed by atoms with Gasteiger partial charge in [-0.1, -0.05) is 42.5 Å². The highest BCUT2D eigenvalue weighted by Gasteiger charge is 2.21. The standard InChI is InChI=1S/C21H16N4O/c1-24-21(26)20-19(17(12-23)13-25(20)2)15-9-7-14(8-10-15)18-6-4-3-5-16(18)11-22/h3-10,13H,1-2H3,(H,24,26). The SMILES string of the molecule is CNC(=O)c1c(-c2ccc(-c3ccccc3C#N)cc2)c(C#N)cn1C. The van der Waals surface area contributed by atoms with E-state index in [-0.39, 0.29) is 5.91 Å². The van der Waals surface area contributed by atoms with E-state index >= 15 is 0 Å². The molecule has 0 atom stereocenters. The van der Waals surface area contributed by atoms with Gasteiger partial charge in [-0.2, -0.15) is 10.5 Å². The first-order chi connectivity index (χ1) is 12.6. The van der Waals surface area contributed by atoms with E-state index in [9.17, 15) is 15.3 Å². The first kappa shape index (κ1) is 17.0. The lowest BCUT2D eigenvalue weighted by molar-refractivity contribution is 0.0956. The van der Waals surface area contributed by atoms with Crippen LogP contribution < -0.4 is 5.32 Å². The van der Waals surface area contributed by atoms with E-state index < -0.39 is 0 Å². The van der Waals surface area contributed by atoms with Gasteiger partial charge in [0.1, 0.15) is 11.8 Å². The molecule has 0 unspecified atom stereocenters. The minimum Gasteiger partial charge on any atom is -0.354 e. The van der Waals surface area contributed by atoms with Crippen molar-refractivity contribution in [3.63, 3.8) is 0 Å². The summed E-state index contributed by atoms with van der Waals surface area (Å²) < 4.78 is 1.66. The van der Waals surface area contributed by atoms with Crippen LogP contribution in [-0.4, -0.2) is 17.5 Å². The molecular weight excluding hydrogens is 324 g/mol. The summed E-state index contributed by atoms with van der Waals surface area (Å²) >= 11 is 0. The molecule has 2 aromatic carbocycles. The number of carbonyl (C=O) groups is 1. The van der Waals surface area contributed by atoms with E-state index in [0.717, 1.165) is 16.7 Å². The maximum Gasteiger partial charge on any atom is 0.268 e. The largest absolute Gasteiger partial charge is 0.354 e. The van der Waals surface area contributed by atoms with Gasteiger partial charge in [-0.05, 0) is 22.8 Å². The van der Waals surface area contributed by atoms with Crippen LogP contribution in [0.15, 0.2) is 54.7 Å². The van der Waals surface area contributed by atoms with Gasteiger partial charge in [-0.3, -0.25) is 4.79 Å². The summed E-state index contributed by atoms with van der Waals surface area (Å²) in [6, 6.07) is 19.3. The molecule has 26 heavy (non-hydrogen) atoms. The number of aromatic nitrogens is 1. The van der Waals surface area contributed by atoms with E-state index in [1.54, 1.807) is 30.9 Å². The second kappa shape index (κ2) is 6.96. The molecule has 126 valence electrons. The Hall–Kier alpha value is -3.83. The van der Waals surface area contributed by atoms with Crippen LogP contribution in [-0.2, 0) is 7.05 Å². The zero-order valence-corrected chi connectivity index (χ0v) is 14.4. The van der Waals surface area contributed by atoms with Crippen LogP contribution in [0, 0.1) is 22.7 Å². The summed E-state index contributed by atoms with van der Waals surface area (Å²) in [5.41, 5.74) is 4.62. The van der Waals surface area contributed by atoms with Gasteiger partial charge < -0.3 is 9.88 Å². The van der Waals surface area contributed by atoms with Crippen LogP contribution in [0.1, 0.15) is 21.6 Å². The Bertz CT molecular complexity index is 1060. The van der Waals surface area contributed by atoms with E-state index in [2.05, 4.69) is 17.5 Å². The van der Waals surface area contributed by atoms with Crippen molar-refractivity contribution in [1.29, 1.82) is 10.5 Å². The molecule has 0 bridgehead atoms. The molecule has 1 N–H and O–H groups in total. The molecule has 0 radical (unpaired) electrons. The lowest BCUT2D eigenvalue weighted by Crippen LogP contribution is -2.21. The predicted octanol–water partition coefficient (Wildman–Crippen LogP) is 3.46. The van der Waals surface area contributed by atoms with E-state index in [1.165, 1.54) is 0 Å². The van der Waals surface area contributed by atoms with Crippen LogP contribution in [0.25, 0.3) is 22.3 Å². The first-order valence-corrected chi connectivity index (χ1v) is 8.02. The quantitative estimate of drug-likeness (QED) is 0.792. The van der Waals surface area contributed by atoms with E-state index in [1.807, 2.05) is 42.5 Å². The number of nitrogens with zero attached hydrogens (tertiary/aromatic N) is 3. The monoisotopic (exact) mass is 340 g/mol. The highest BCUT2D eigenvalue weighted by Crippen LogP contribution is 2.31. The minimum atomic E-state index is -0.247. The average Bonchev–Trinajstić information content (AvgIpc) is 3.03. The molecule has 1 aromatic heterocycles. The Balaban J connectivity index is 2.12. The zero-order chi connectivity index (χ0) is 18.7. The van der Waals surface area contributed by atoms with Crippen LogP contribution in [0.3, 0.4) is 0 Å². The molecule has 0 saturated heterocycles. The molecule has 5 heteroatoms. The number of benzene rings is 2. The third-order valence-corrected chi connectivity index (χ3v) is 4.28. The van der Waals surface area contributed by atoms with Gasteiger partial charge in [-0.25, -0.2) is 0 Å². The maximum atomic E-state index is 12.3. The molecule has 0 aliphatic heterocycles. The summed E-state index contributed by atoms with van der Waals surface area (Å²) in [6.07, 6.45) is 1.65. The molecular formula is C21H16N4O. The molecule has 0 aliphatic rings.